The number of rotatable bonds is 0. The molecule has 1 aliphatic rings. The van der Waals surface area contributed by atoms with Crippen LogP contribution in [0.25, 0.3) is 0 Å². The van der Waals surface area contributed by atoms with E-state index in [0.717, 1.165) is 0 Å². The molecular formula is C4H2O3. The quantitative estimate of drug-likeness (QED) is 0.304. The summed E-state index contributed by atoms with van der Waals surface area (Å²) in [6.45, 7) is 0. The molecule has 0 unspecified atom stereocenters. The van der Waals surface area contributed by atoms with Crippen molar-refractivity contribution in [2.24, 2.45) is 0 Å². The van der Waals surface area contributed by atoms with E-state index in [1.54, 1.807) is 0 Å². The average molecular weight is 98.1 g/mol. The molecular weight excluding hydrogens is 96.0 g/mol. The lowest BCUT2D eigenvalue weighted by Gasteiger charge is -1.79. The van der Waals surface area contributed by atoms with Crippen LogP contribution in [0.4, 0.5) is 0 Å². The van der Waals surface area contributed by atoms with Crippen LogP contribution in [0.2, 0.25) is 0 Å². The predicted octanol–water partition coefficient (Wildman–Crippen LogP) is -0.459. The van der Waals surface area contributed by atoms with Gasteiger partial charge in [-0.05, 0) is 0 Å². The number of carbonyl (C=O) groups excluding carboxylic acids is 2. The van der Waals surface area contributed by atoms with Crippen LogP contribution in [0, 0.1) is 6.42 Å². The topological polar surface area (TPSA) is 43.4 Å². The Bertz CT molecular complexity index is 102. The molecule has 1 saturated heterocycles. The fourth-order valence-corrected chi connectivity index (χ4v) is 0.320. The van der Waals surface area contributed by atoms with E-state index in [0.29, 0.717) is 0 Å². The van der Waals surface area contributed by atoms with Crippen molar-refractivity contribution < 1.29 is 14.3 Å². The van der Waals surface area contributed by atoms with Gasteiger partial charge >= 0.3 is 11.9 Å². The first kappa shape index (κ1) is 4.30. The second-order valence-electron chi connectivity index (χ2n) is 1.12. The summed E-state index contributed by atoms with van der Waals surface area (Å²) in [5, 5.41) is 0. The van der Waals surface area contributed by atoms with Gasteiger partial charge in [0.2, 0.25) is 0 Å². The zero-order valence-corrected chi connectivity index (χ0v) is 3.43. The maximum atomic E-state index is 9.95. The summed E-state index contributed by atoms with van der Waals surface area (Å²) in [4.78, 5) is 19.8. The van der Waals surface area contributed by atoms with Crippen molar-refractivity contribution in [1.29, 1.82) is 0 Å². The Morgan fingerprint density at radius 1 is 1.57 bits per heavy atom. The average Bonchev–Trinajstić information content (AvgIpc) is 1.87. The van der Waals surface area contributed by atoms with Crippen LogP contribution in [-0.2, 0) is 14.3 Å². The van der Waals surface area contributed by atoms with Crippen LogP contribution in [0.3, 0.4) is 0 Å². The van der Waals surface area contributed by atoms with Crippen LogP contribution in [-0.4, -0.2) is 11.9 Å². The molecule has 0 aliphatic carbocycles. The normalized spacial score (nSPS) is 20.0. The Morgan fingerprint density at radius 3 is 2.43 bits per heavy atom. The Morgan fingerprint density at radius 2 is 2.29 bits per heavy atom. The molecule has 0 saturated carbocycles. The summed E-state index contributed by atoms with van der Waals surface area (Å²) < 4.78 is 3.97. The molecule has 1 rings (SSSR count). The Hall–Kier alpha value is -0.860. The van der Waals surface area contributed by atoms with E-state index in [2.05, 4.69) is 11.2 Å². The summed E-state index contributed by atoms with van der Waals surface area (Å²) in [5.41, 5.74) is 0. The zero-order chi connectivity index (χ0) is 5.28. The number of hydrogen-bond acceptors (Lipinski definition) is 3. The Kier molecular flexibility index (Phi) is 0.817. The van der Waals surface area contributed by atoms with Crippen molar-refractivity contribution in [3.8, 4) is 0 Å². The molecule has 0 amide bonds. The second-order valence-corrected chi connectivity index (χ2v) is 1.12. The highest BCUT2D eigenvalue weighted by atomic mass is 16.6. The van der Waals surface area contributed by atoms with E-state index in [1.807, 2.05) is 0 Å². The first-order valence-corrected chi connectivity index (χ1v) is 1.77. The lowest BCUT2D eigenvalue weighted by molar-refractivity contribution is -0.151. The fourth-order valence-electron chi connectivity index (χ4n) is 0.320. The molecule has 0 aromatic rings. The molecule has 0 N–H and O–H groups in total. The van der Waals surface area contributed by atoms with Crippen LogP contribution in [0.1, 0.15) is 6.42 Å². The van der Waals surface area contributed by atoms with Crippen LogP contribution in [0.15, 0.2) is 0 Å². The molecule has 0 bridgehead atoms. The van der Waals surface area contributed by atoms with Gasteiger partial charge in [0, 0.05) is 0 Å². The van der Waals surface area contributed by atoms with Crippen molar-refractivity contribution in [1.82, 2.24) is 0 Å². The van der Waals surface area contributed by atoms with E-state index in [4.69, 9.17) is 0 Å². The maximum absolute atomic E-state index is 9.95. The predicted molar refractivity (Wildman–Crippen MR) is 19.0 cm³/mol. The van der Waals surface area contributed by atoms with Gasteiger partial charge in [0.1, 0.15) is 6.42 Å². The first-order chi connectivity index (χ1) is 3.29. The fraction of sp³-hybridized carbons (Fsp3) is 0.250. The van der Waals surface area contributed by atoms with Crippen molar-refractivity contribution in [3.63, 3.8) is 0 Å². The molecule has 3 heteroatoms. The van der Waals surface area contributed by atoms with Crippen molar-refractivity contribution >= 4 is 11.9 Å². The van der Waals surface area contributed by atoms with Gasteiger partial charge in [0.25, 0.3) is 0 Å². The molecule has 7 heavy (non-hydrogen) atoms. The smallest absolute Gasteiger partial charge is 0.322 e. The monoisotopic (exact) mass is 98.0 g/mol. The van der Waals surface area contributed by atoms with Crippen LogP contribution < -0.4 is 0 Å². The number of carbonyl (C=O) groups is 2. The third-order valence-electron chi connectivity index (χ3n) is 0.584. The minimum atomic E-state index is -0.648. The van der Waals surface area contributed by atoms with E-state index < -0.39 is 11.9 Å². The minimum Gasteiger partial charge on any atom is -0.393 e. The molecule has 1 aliphatic heterocycles. The second kappa shape index (κ2) is 1.33. The van der Waals surface area contributed by atoms with Gasteiger partial charge in [0.15, 0.2) is 0 Å². The largest absolute Gasteiger partial charge is 0.393 e. The van der Waals surface area contributed by atoms with E-state index in [1.165, 1.54) is 0 Å². The highest BCUT2D eigenvalue weighted by molar-refractivity contribution is 5.99. The molecule has 1 fully saturated rings. The lowest BCUT2D eigenvalue weighted by Crippen LogP contribution is -1.95. The molecule has 0 spiro atoms. The van der Waals surface area contributed by atoms with Gasteiger partial charge in [-0.2, -0.15) is 0 Å². The summed E-state index contributed by atoms with van der Waals surface area (Å²) in [7, 11) is 0. The first-order valence-electron chi connectivity index (χ1n) is 1.77. The SMILES string of the molecule is O=C1[C]CC(=O)O1. The number of cyclic esters (lactones) is 2. The summed E-state index contributed by atoms with van der Waals surface area (Å²) >= 11 is 0. The van der Waals surface area contributed by atoms with Gasteiger partial charge in [-0.3, -0.25) is 9.59 Å². The van der Waals surface area contributed by atoms with E-state index >= 15 is 0 Å². The van der Waals surface area contributed by atoms with Crippen LogP contribution in [0.5, 0.6) is 0 Å². The lowest BCUT2D eigenvalue weighted by atomic mass is 10.4. The van der Waals surface area contributed by atoms with Crippen molar-refractivity contribution in [3.05, 3.63) is 6.42 Å². The third-order valence-corrected chi connectivity index (χ3v) is 0.584. The highest BCUT2D eigenvalue weighted by Gasteiger charge is 2.20. The van der Waals surface area contributed by atoms with E-state index in [9.17, 15) is 9.59 Å². The molecule has 0 atom stereocenters. The molecule has 3 nitrogen and oxygen atoms in total. The van der Waals surface area contributed by atoms with Crippen molar-refractivity contribution in [2.75, 3.05) is 0 Å². The number of ether oxygens (including phenoxy) is 1. The summed E-state index contributed by atoms with van der Waals surface area (Å²) in [6, 6.07) is 0. The Labute approximate surface area is 40.3 Å². The van der Waals surface area contributed by atoms with Gasteiger partial charge in [0.05, 0.1) is 6.42 Å². The number of hydrogen-bond donors (Lipinski definition) is 0. The maximum Gasteiger partial charge on any atom is 0.322 e. The molecule has 1 heterocycles. The summed E-state index contributed by atoms with van der Waals surface area (Å²) in [5.74, 6) is -1.16. The minimum absolute atomic E-state index is 0.0127. The molecule has 0 aromatic carbocycles. The summed E-state index contributed by atoms with van der Waals surface area (Å²) in [6.07, 6.45) is 2.17. The van der Waals surface area contributed by atoms with E-state index in [-0.39, 0.29) is 6.42 Å². The van der Waals surface area contributed by atoms with Gasteiger partial charge < -0.3 is 4.74 Å². The van der Waals surface area contributed by atoms with Gasteiger partial charge in [-0.15, -0.1) is 0 Å². The highest BCUT2D eigenvalue weighted by Crippen LogP contribution is 2.02. The third kappa shape index (κ3) is 0.765. The zero-order valence-electron chi connectivity index (χ0n) is 3.43. The Balaban J connectivity index is 2.55. The molecule has 36 valence electrons. The van der Waals surface area contributed by atoms with Gasteiger partial charge in [-0.25, -0.2) is 0 Å². The molecule has 0 aromatic heterocycles. The number of esters is 2. The van der Waals surface area contributed by atoms with Crippen molar-refractivity contribution in [2.45, 2.75) is 6.42 Å². The van der Waals surface area contributed by atoms with Crippen LogP contribution >= 0.6 is 0 Å². The molecule has 2 radical (unpaired) electrons. The standard InChI is InChI=1S/C4H2O3/c5-3-1-2-4(6)7-3/h1H2. The van der Waals surface area contributed by atoms with Gasteiger partial charge in [-0.1, -0.05) is 0 Å².